The van der Waals surface area contributed by atoms with Gasteiger partial charge < -0.3 is 10.2 Å². The van der Waals surface area contributed by atoms with E-state index in [1.165, 1.54) is 36.9 Å². The number of hydrogen-bond donors (Lipinski definition) is 1. The number of rotatable bonds is 5. The third-order valence-electron chi connectivity index (χ3n) is 4.16. The van der Waals surface area contributed by atoms with E-state index in [2.05, 4.69) is 43.1 Å². The van der Waals surface area contributed by atoms with Crippen LogP contribution in [-0.4, -0.2) is 18.6 Å². The highest BCUT2D eigenvalue weighted by molar-refractivity contribution is 6.30. The zero-order valence-electron chi connectivity index (χ0n) is 13.0. The predicted octanol–water partition coefficient (Wildman–Crippen LogP) is 4.61. The molecule has 1 aliphatic heterocycles. The van der Waals surface area contributed by atoms with Crippen LogP contribution in [0.4, 0.5) is 5.69 Å². The molecule has 1 unspecified atom stereocenters. The van der Waals surface area contributed by atoms with Crippen LogP contribution in [0.1, 0.15) is 52.0 Å². The molecule has 1 N–H and O–H groups in total. The molecule has 1 atom stereocenters. The van der Waals surface area contributed by atoms with Gasteiger partial charge in [0.2, 0.25) is 0 Å². The van der Waals surface area contributed by atoms with Crippen LogP contribution < -0.4 is 10.2 Å². The average molecular weight is 295 g/mol. The molecule has 20 heavy (non-hydrogen) atoms. The van der Waals surface area contributed by atoms with Crippen molar-refractivity contribution in [3.8, 4) is 0 Å². The molecule has 1 fully saturated rings. The molecule has 3 heteroatoms. The number of benzene rings is 1. The van der Waals surface area contributed by atoms with Gasteiger partial charge in [0.05, 0.1) is 0 Å². The molecule has 1 heterocycles. The molecule has 0 amide bonds. The SMILES string of the molecule is CCC1CCCCN1c1cc(Cl)ccc1CNC(C)C. The fourth-order valence-corrected chi connectivity index (χ4v) is 3.18. The normalized spacial score (nSPS) is 19.6. The Hall–Kier alpha value is -0.730. The maximum Gasteiger partial charge on any atom is 0.0429 e. The minimum Gasteiger partial charge on any atom is -0.368 e. The van der Waals surface area contributed by atoms with Gasteiger partial charge in [0.1, 0.15) is 0 Å². The Morgan fingerprint density at radius 1 is 1.35 bits per heavy atom. The van der Waals surface area contributed by atoms with Crippen molar-refractivity contribution in [2.75, 3.05) is 11.4 Å². The van der Waals surface area contributed by atoms with Crippen LogP contribution in [0.25, 0.3) is 0 Å². The molecule has 2 nitrogen and oxygen atoms in total. The van der Waals surface area contributed by atoms with E-state index in [1.807, 2.05) is 6.07 Å². The molecule has 0 aliphatic carbocycles. The highest BCUT2D eigenvalue weighted by Gasteiger charge is 2.23. The fourth-order valence-electron chi connectivity index (χ4n) is 3.01. The van der Waals surface area contributed by atoms with E-state index in [0.717, 1.165) is 18.1 Å². The first-order valence-corrected chi connectivity index (χ1v) is 8.28. The van der Waals surface area contributed by atoms with E-state index in [4.69, 9.17) is 11.6 Å². The molecule has 1 aliphatic rings. The number of piperidine rings is 1. The van der Waals surface area contributed by atoms with Crippen LogP contribution in [0.15, 0.2) is 18.2 Å². The highest BCUT2D eigenvalue weighted by atomic mass is 35.5. The summed E-state index contributed by atoms with van der Waals surface area (Å²) in [6.45, 7) is 8.74. The first-order chi connectivity index (χ1) is 9.61. The summed E-state index contributed by atoms with van der Waals surface area (Å²) in [4.78, 5) is 2.58. The number of anilines is 1. The third kappa shape index (κ3) is 3.89. The molecular weight excluding hydrogens is 268 g/mol. The standard InChI is InChI=1S/C17H27ClN2/c1-4-16-7-5-6-10-20(16)17-11-15(18)9-8-14(17)12-19-13(2)3/h8-9,11,13,16,19H,4-7,10,12H2,1-3H3. The second-order valence-electron chi connectivity index (χ2n) is 6.06. The summed E-state index contributed by atoms with van der Waals surface area (Å²) >= 11 is 6.24. The van der Waals surface area contributed by atoms with E-state index in [1.54, 1.807) is 0 Å². The molecule has 0 radical (unpaired) electrons. The maximum atomic E-state index is 6.24. The summed E-state index contributed by atoms with van der Waals surface area (Å²) < 4.78 is 0. The molecule has 0 bridgehead atoms. The second kappa shape index (κ2) is 7.33. The number of nitrogens with zero attached hydrogens (tertiary/aromatic N) is 1. The van der Waals surface area contributed by atoms with Gasteiger partial charge >= 0.3 is 0 Å². The van der Waals surface area contributed by atoms with Gasteiger partial charge in [0, 0.05) is 35.9 Å². The van der Waals surface area contributed by atoms with E-state index in [-0.39, 0.29) is 0 Å². The maximum absolute atomic E-state index is 6.24. The molecule has 1 aromatic rings. The lowest BCUT2D eigenvalue weighted by Gasteiger charge is -2.38. The summed E-state index contributed by atoms with van der Waals surface area (Å²) in [5.41, 5.74) is 2.70. The molecule has 0 aromatic heterocycles. The number of hydrogen-bond acceptors (Lipinski definition) is 2. The summed E-state index contributed by atoms with van der Waals surface area (Å²) in [6.07, 6.45) is 5.17. The van der Waals surface area contributed by atoms with Gasteiger partial charge in [-0.2, -0.15) is 0 Å². The minimum atomic E-state index is 0.502. The lowest BCUT2D eigenvalue weighted by Crippen LogP contribution is -2.40. The fraction of sp³-hybridized carbons (Fsp3) is 0.647. The molecular formula is C17H27ClN2. The van der Waals surface area contributed by atoms with Crippen molar-refractivity contribution in [3.05, 3.63) is 28.8 Å². The van der Waals surface area contributed by atoms with Crippen LogP contribution in [0.3, 0.4) is 0 Å². The zero-order chi connectivity index (χ0) is 14.5. The van der Waals surface area contributed by atoms with Crippen LogP contribution >= 0.6 is 11.6 Å². The average Bonchev–Trinajstić information content (AvgIpc) is 2.45. The Morgan fingerprint density at radius 3 is 2.85 bits per heavy atom. The van der Waals surface area contributed by atoms with Gasteiger partial charge in [-0.3, -0.25) is 0 Å². The van der Waals surface area contributed by atoms with Gasteiger partial charge in [0.15, 0.2) is 0 Å². The van der Waals surface area contributed by atoms with Gasteiger partial charge in [-0.05, 0) is 43.4 Å². The smallest absolute Gasteiger partial charge is 0.0429 e. The van der Waals surface area contributed by atoms with E-state index in [0.29, 0.717) is 12.1 Å². The molecule has 112 valence electrons. The van der Waals surface area contributed by atoms with Gasteiger partial charge in [-0.15, -0.1) is 0 Å². The highest BCUT2D eigenvalue weighted by Crippen LogP contribution is 2.31. The van der Waals surface area contributed by atoms with Gasteiger partial charge in [0.25, 0.3) is 0 Å². The molecule has 0 spiro atoms. The monoisotopic (exact) mass is 294 g/mol. The molecule has 0 saturated carbocycles. The number of halogens is 1. The van der Waals surface area contributed by atoms with Crippen molar-refractivity contribution < 1.29 is 0 Å². The van der Waals surface area contributed by atoms with Crippen molar-refractivity contribution >= 4 is 17.3 Å². The second-order valence-corrected chi connectivity index (χ2v) is 6.50. The van der Waals surface area contributed by atoms with Crippen molar-refractivity contribution in [2.45, 2.75) is 65.1 Å². The van der Waals surface area contributed by atoms with E-state index in [9.17, 15) is 0 Å². The summed E-state index contributed by atoms with van der Waals surface area (Å²) in [5.74, 6) is 0. The van der Waals surface area contributed by atoms with Crippen molar-refractivity contribution in [2.24, 2.45) is 0 Å². The number of nitrogens with one attached hydrogen (secondary N) is 1. The Balaban J connectivity index is 2.25. The Kier molecular flexibility index (Phi) is 5.74. The zero-order valence-corrected chi connectivity index (χ0v) is 13.7. The Bertz CT molecular complexity index is 431. The first-order valence-electron chi connectivity index (χ1n) is 7.90. The predicted molar refractivity (Wildman–Crippen MR) is 88.7 cm³/mol. The third-order valence-corrected chi connectivity index (χ3v) is 4.39. The minimum absolute atomic E-state index is 0.502. The quantitative estimate of drug-likeness (QED) is 0.853. The van der Waals surface area contributed by atoms with Gasteiger partial charge in [-0.25, -0.2) is 0 Å². The topological polar surface area (TPSA) is 15.3 Å². The first kappa shape index (κ1) is 15.7. The summed E-state index contributed by atoms with van der Waals surface area (Å²) in [7, 11) is 0. The largest absolute Gasteiger partial charge is 0.368 e. The van der Waals surface area contributed by atoms with Crippen LogP contribution in [-0.2, 0) is 6.54 Å². The van der Waals surface area contributed by atoms with Crippen molar-refractivity contribution in [1.82, 2.24) is 5.32 Å². The molecule has 1 saturated heterocycles. The van der Waals surface area contributed by atoms with Gasteiger partial charge in [-0.1, -0.05) is 38.4 Å². The molecule has 2 rings (SSSR count). The van der Waals surface area contributed by atoms with Crippen LogP contribution in [0.5, 0.6) is 0 Å². The Morgan fingerprint density at radius 2 is 2.15 bits per heavy atom. The van der Waals surface area contributed by atoms with Crippen molar-refractivity contribution in [3.63, 3.8) is 0 Å². The summed E-state index contributed by atoms with van der Waals surface area (Å²) in [6, 6.07) is 7.50. The molecule has 1 aromatic carbocycles. The summed E-state index contributed by atoms with van der Waals surface area (Å²) in [5, 5.41) is 4.37. The van der Waals surface area contributed by atoms with Crippen LogP contribution in [0, 0.1) is 0 Å². The van der Waals surface area contributed by atoms with Crippen molar-refractivity contribution in [1.29, 1.82) is 0 Å². The van der Waals surface area contributed by atoms with E-state index < -0.39 is 0 Å². The Labute approximate surface area is 128 Å². The van der Waals surface area contributed by atoms with Crippen LogP contribution in [0.2, 0.25) is 5.02 Å². The lowest BCUT2D eigenvalue weighted by molar-refractivity contribution is 0.448. The lowest BCUT2D eigenvalue weighted by atomic mass is 9.98. The van der Waals surface area contributed by atoms with E-state index >= 15 is 0 Å².